The van der Waals surface area contributed by atoms with Gasteiger partial charge in [-0.3, -0.25) is 0 Å². The smallest absolute Gasteiger partial charge is 0.119 e. The maximum absolute atomic E-state index is 5.23. The molecule has 1 unspecified atom stereocenters. The molecule has 0 spiro atoms. The predicted molar refractivity (Wildman–Crippen MR) is 70.5 cm³/mol. The molecule has 1 aromatic carbocycles. The summed E-state index contributed by atoms with van der Waals surface area (Å²) in [5.41, 5.74) is 2.21. The van der Waals surface area contributed by atoms with Crippen molar-refractivity contribution in [1.29, 1.82) is 0 Å². The third kappa shape index (κ3) is 3.05. The highest BCUT2D eigenvalue weighted by Gasteiger charge is 2.11. The first-order valence-corrected chi connectivity index (χ1v) is 5.89. The summed E-state index contributed by atoms with van der Waals surface area (Å²) >= 11 is 0. The molecule has 0 fully saturated rings. The van der Waals surface area contributed by atoms with Crippen LogP contribution in [0.1, 0.15) is 17.3 Å². The van der Waals surface area contributed by atoms with Crippen LogP contribution in [-0.2, 0) is 6.42 Å². The molecule has 2 rings (SSSR count). The fourth-order valence-corrected chi connectivity index (χ4v) is 1.90. The van der Waals surface area contributed by atoms with E-state index in [-0.39, 0.29) is 6.04 Å². The fraction of sp³-hybridized carbons (Fsp3) is 0.286. The van der Waals surface area contributed by atoms with Gasteiger partial charge in [0.15, 0.2) is 0 Å². The minimum absolute atomic E-state index is 0.181. The zero-order valence-corrected chi connectivity index (χ0v) is 10.6. The van der Waals surface area contributed by atoms with Gasteiger partial charge in [-0.05, 0) is 37.2 Å². The Kier molecular flexibility index (Phi) is 4.25. The van der Waals surface area contributed by atoms with Gasteiger partial charge >= 0.3 is 0 Å². The van der Waals surface area contributed by atoms with Gasteiger partial charge in [-0.25, -0.2) is 9.97 Å². The van der Waals surface area contributed by atoms with Crippen molar-refractivity contribution in [2.45, 2.75) is 12.5 Å². The molecule has 0 aliphatic carbocycles. The Hall–Kier alpha value is -1.94. The zero-order valence-electron chi connectivity index (χ0n) is 10.6. The van der Waals surface area contributed by atoms with E-state index in [0.717, 1.165) is 17.9 Å². The number of methoxy groups -OCH3 is 1. The van der Waals surface area contributed by atoms with Gasteiger partial charge in [0.1, 0.15) is 12.1 Å². The molecule has 1 N–H and O–H groups in total. The van der Waals surface area contributed by atoms with Crippen molar-refractivity contribution in [2.24, 2.45) is 0 Å². The van der Waals surface area contributed by atoms with Crippen molar-refractivity contribution in [3.05, 3.63) is 54.1 Å². The third-order valence-electron chi connectivity index (χ3n) is 2.88. The van der Waals surface area contributed by atoms with Crippen LogP contribution in [-0.4, -0.2) is 24.1 Å². The maximum atomic E-state index is 5.23. The molecule has 0 radical (unpaired) electrons. The lowest BCUT2D eigenvalue weighted by molar-refractivity contribution is 0.414. The van der Waals surface area contributed by atoms with Gasteiger partial charge in [0.05, 0.1) is 18.8 Å². The van der Waals surface area contributed by atoms with E-state index >= 15 is 0 Å². The molecule has 1 atom stereocenters. The van der Waals surface area contributed by atoms with E-state index < -0.39 is 0 Å². The van der Waals surface area contributed by atoms with Gasteiger partial charge < -0.3 is 10.1 Å². The highest BCUT2D eigenvalue weighted by molar-refractivity contribution is 5.29. The molecule has 94 valence electrons. The van der Waals surface area contributed by atoms with Crippen LogP contribution in [0.4, 0.5) is 0 Å². The van der Waals surface area contributed by atoms with Crippen molar-refractivity contribution in [1.82, 2.24) is 15.3 Å². The summed E-state index contributed by atoms with van der Waals surface area (Å²) < 4.78 is 5.23. The van der Waals surface area contributed by atoms with Crippen LogP contribution in [0.25, 0.3) is 0 Å². The Morgan fingerprint density at radius 2 is 2.22 bits per heavy atom. The number of likely N-dealkylation sites (N-methyl/N-ethyl adjacent to an activating group) is 1. The van der Waals surface area contributed by atoms with E-state index in [2.05, 4.69) is 21.4 Å². The number of nitrogens with one attached hydrogen (secondary N) is 1. The molecule has 2 aromatic rings. The van der Waals surface area contributed by atoms with E-state index in [1.165, 1.54) is 5.56 Å². The number of rotatable bonds is 5. The molecule has 1 aromatic heterocycles. The van der Waals surface area contributed by atoms with Gasteiger partial charge in [-0.2, -0.15) is 0 Å². The van der Waals surface area contributed by atoms with Gasteiger partial charge in [0, 0.05) is 6.20 Å². The minimum atomic E-state index is 0.181. The molecule has 0 saturated heterocycles. The average Bonchev–Trinajstić information content (AvgIpc) is 2.46. The quantitative estimate of drug-likeness (QED) is 0.872. The molecule has 4 heteroatoms. The SMILES string of the molecule is CNC(Cc1cccc(OC)c1)c1ccncn1. The Labute approximate surface area is 107 Å². The van der Waals surface area contributed by atoms with E-state index in [1.54, 1.807) is 19.6 Å². The molecular formula is C14H17N3O. The highest BCUT2D eigenvalue weighted by atomic mass is 16.5. The summed E-state index contributed by atoms with van der Waals surface area (Å²) in [6, 6.07) is 10.2. The minimum Gasteiger partial charge on any atom is -0.497 e. The molecule has 18 heavy (non-hydrogen) atoms. The molecule has 4 nitrogen and oxygen atoms in total. The second kappa shape index (κ2) is 6.12. The van der Waals surface area contributed by atoms with Crippen LogP contribution in [0.2, 0.25) is 0 Å². The van der Waals surface area contributed by atoms with Crippen LogP contribution in [0.5, 0.6) is 5.75 Å². The van der Waals surface area contributed by atoms with E-state index in [0.29, 0.717) is 0 Å². The highest BCUT2D eigenvalue weighted by Crippen LogP contribution is 2.19. The summed E-state index contributed by atoms with van der Waals surface area (Å²) in [5, 5.41) is 3.27. The van der Waals surface area contributed by atoms with E-state index in [9.17, 15) is 0 Å². The fourth-order valence-electron chi connectivity index (χ4n) is 1.90. The van der Waals surface area contributed by atoms with Gasteiger partial charge in [0.2, 0.25) is 0 Å². The normalized spacial score (nSPS) is 12.1. The van der Waals surface area contributed by atoms with Gasteiger partial charge in [-0.1, -0.05) is 12.1 Å². The summed E-state index contributed by atoms with van der Waals surface area (Å²) in [7, 11) is 3.62. The number of aromatic nitrogens is 2. The molecule has 1 heterocycles. The molecule has 0 amide bonds. The number of nitrogens with zero attached hydrogens (tertiary/aromatic N) is 2. The monoisotopic (exact) mass is 243 g/mol. The number of hydrogen-bond acceptors (Lipinski definition) is 4. The van der Waals surface area contributed by atoms with Crippen LogP contribution >= 0.6 is 0 Å². The third-order valence-corrected chi connectivity index (χ3v) is 2.88. The molecular weight excluding hydrogens is 226 g/mol. The standard InChI is InChI=1S/C14H17N3O/c1-15-14(13-6-7-16-10-17-13)9-11-4-3-5-12(8-11)18-2/h3-8,10,14-15H,9H2,1-2H3. The number of ether oxygens (including phenoxy) is 1. The molecule has 0 bridgehead atoms. The van der Waals surface area contributed by atoms with Gasteiger partial charge in [0.25, 0.3) is 0 Å². The van der Waals surface area contributed by atoms with Crippen LogP contribution in [0.3, 0.4) is 0 Å². The average molecular weight is 243 g/mol. The number of hydrogen-bond donors (Lipinski definition) is 1. The lowest BCUT2D eigenvalue weighted by Gasteiger charge is -2.15. The van der Waals surface area contributed by atoms with Crippen LogP contribution in [0.15, 0.2) is 42.9 Å². The van der Waals surface area contributed by atoms with Crippen LogP contribution < -0.4 is 10.1 Å². The summed E-state index contributed by atoms with van der Waals surface area (Å²) in [6.45, 7) is 0. The van der Waals surface area contributed by atoms with Crippen molar-refractivity contribution >= 4 is 0 Å². The summed E-state index contributed by atoms with van der Waals surface area (Å²) in [6.07, 6.45) is 4.20. The van der Waals surface area contributed by atoms with Crippen molar-refractivity contribution in [3.8, 4) is 5.75 Å². The summed E-state index contributed by atoms with van der Waals surface area (Å²) in [4.78, 5) is 8.22. The largest absolute Gasteiger partial charge is 0.497 e. The first-order valence-electron chi connectivity index (χ1n) is 5.89. The van der Waals surface area contributed by atoms with Crippen molar-refractivity contribution < 1.29 is 4.74 Å². The molecule has 0 aliphatic heterocycles. The second-order valence-corrected chi connectivity index (χ2v) is 4.03. The lowest BCUT2D eigenvalue weighted by Crippen LogP contribution is -2.20. The molecule has 0 saturated carbocycles. The van der Waals surface area contributed by atoms with E-state index in [4.69, 9.17) is 4.74 Å². The second-order valence-electron chi connectivity index (χ2n) is 4.03. The Bertz CT molecular complexity index is 487. The zero-order chi connectivity index (χ0) is 12.8. The molecule has 0 aliphatic rings. The lowest BCUT2D eigenvalue weighted by atomic mass is 10.0. The predicted octanol–water partition coefficient (Wildman–Crippen LogP) is 1.99. The first kappa shape index (κ1) is 12.5. The Morgan fingerprint density at radius 1 is 1.33 bits per heavy atom. The van der Waals surface area contributed by atoms with Crippen molar-refractivity contribution in [3.63, 3.8) is 0 Å². The Balaban J connectivity index is 2.15. The van der Waals surface area contributed by atoms with Crippen LogP contribution in [0, 0.1) is 0 Å². The van der Waals surface area contributed by atoms with E-state index in [1.807, 2.05) is 31.3 Å². The van der Waals surface area contributed by atoms with Crippen molar-refractivity contribution in [2.75, 3.05) is 14.2 Å². The number of benzene rings is 1. The maximum Gasteiger partial charge on any atom is 0.119 e. The first-order chi connectivity index (χ1) is 8.83. The topological polar surface area (TPSA) is 47.0 Å². The Morgan fingerprint density at radius 3 is 2.89 bits per heavy atom. The van der Waals surface area contributed by atoms with Gasteiger partial charge in [-0.15, -0.1) is 0 Å². The summed E-state index contributed by atoms with van der Waals surface area (Å²) in [5.74, 6) is 0.880.